The molecule has 12 heteroatoms. The Kier molecular flexibility index (Phi) is 9.18. The number of halogens is 3. The monoisotopic (exact) mass is 481 g/mol. The van der Waals surface area contributed by atoms with Crippen LogP contribution < -0.4 is 10.6 Å². The molecule has 0 spiro atoms. The van der Waals surface area contributed by atoms with Crippen molar-refractivity contribution in [3.63, 3.8) is 0 Å². The van der Waals surface area contributed by atoms with E-state index in [4.69, 9.17) is 27.5 Å². The highest BCUT2D eigenvalue weighted by molar-refractivity contribution is 6.31. The number of carbonyl (C=O) groups is 1. The van der Waals surface area contributed by atoms with Crippen molar-refractivity contribution in [1.82, 2.24) is 15.2 Å². The van der Waals surface area contributed by atoms with Crippen LogP contribution in [0, 0.1) is 10.8 Å². The lowest BCUT2D eigenvalue weighted by molar-refractivity contribution is -0.116. The summed E-state index contributed by atoms with van der Waals surface area (Å²) in [6.07, 6.45) is 4.86. The normalized spacial score (nSPS) is 15.1. The molecule has 5 N–H and O–H groups in total. The standard InChI is InChI=1S/C21H26ClF2N7O2/c1-13(19(33)29-17(25)12-32)10-27-16(9-22)14-5-7-31(8-6-14)20(26)30-18-4-3-15(11-28-18)21(2,23)24/h3-5,10-11,32H,6-9,12H2,1-2H3,(H2,25,29,33)(H2,26,28,30)/b13-10+,27-16+. The fourth-order valence-electron chi connectivity index (χ4n) is 2.77. The van der Waals surface area contributed by atoms with Crippen LogP contribution in [0.1, 0.15) is 25.8 Å². The first-order valence-corrected chi connectivity index (χ1v) is 10.5. The van der Waals surface area contributed by atoms with E-state index in [0.717, 1.165) is 18.7 Å². The number of aliphatic imine (C=N–C) groups is 1. The van der Waals surface area contributed by atoms with Crippen molar-refractivity contribution in [3.8, 4) is 0 Å². The number of aliphatic hydroxyl groups is 1. The Labute approximate surface area is 195 Å². The van der Waals surface area contributed by atoms with Gasteiger partial charge in [-0.15, -0.1) is 11.6 Å². The fourth-order valence-corrected chi connectivity index (χ4v) is 3.01. The highest BCUT2D eigenvalue weighted by Gasteiger charge is 2.24. The van der Waals surface area contributed by atoms with E-state index in [0.29, 0.717) is 31.0 Å². The van der Waals surface area contributed by atoms with Gasteiger partial charge in [0, 0.05) is 43.5 Å². The Morgan fingerprint density at radius 2 is 2.15 bits per heavy atom. The van der Waals surface area contributed by atoms with Gasteiger partial charge in [-0.2, -0.15) is 0 Å². The van der Waals surface area contributed by atoms with Crippen LogP contribution in [0.3, 0.4) is 0 Å². The number of carbonyl (C=O) groups excluding carboxylic acids is 1. The predicted octanol–water partition coefficient (Wildman–Crippen LogP) is 2.84. The number of pyridine rings is 1. The molecule has 0 fully saturated rings. The maximum atomic E-state index is 13.3. The van der Waals surface area contributed by atoms with Crippen LogP contribution in [0.15, 0.2) is 46.7 Å². The molecule has 0 aliphatic carbocycles. The van der Waals surface area contributed by atoms with Crippen LogP contribution in [0.2, 0.25) is 0 Å². The zero-order chi connectivity index (χ0) is 24.6. The van der Waals surface area contributed by atoms with Crippen molar-refractivity contribution < 1.29 is 18.7 Å². The van der Waals surface area contributed by atoms with Gasteiger partial charge in [0.1, 0.15) is 18.3 Å². The minimum absolute atomic E-state index is 0.0805. The second-order valence-electron chi connectivity index (χ2n) is 7.33. The first kappa shape index (κ1) is 26.1. The van der Waals surface area contributed by atoms with Crippen LogP contribution in [0.25, 0.3) is 0 Å². The average molecular weight is 482 g/mol. The van der Waals surface area contributed by atoms with Gasteiger partial charge in [0.15, 0.2) is 5.96 Å². The smallest absolute Gasteiger partial charge is 0.272 e. The Morgan fingerprint density at radius 1 is 1.42 bits per heavy atom. The van der Waals surface area contributed by atoms with Crippen molar-refractivity contribution in [1.29, 1.82) is 10.8 Å². The number of amidine groups is 1. The number of anilines is 1. The highest BCUT2D eigenvalue weighted by atomic mass is 35.5. The molecule has 1 aliphatic heterocycles. The molecule has 0 saturated carbocycles. The number of amides is 1. The Morgan fingerprint density at radius 3 is 2.67 bits per heavy atom. The van der Waals surface area contributed by atoms with Gasteiger partial charge in [-0.25, -0.2) is 13.8 Å². The average Bonchev–Trinajstić information content (AvgIpc) is 2.79. The molecule has 2 heterocycles. The van der Waals surface area contributed by atoms with E-state index in [9.17, 15) is 13.6 Å². The summed E-state index contributed by atoms with van der Waals surface area (Å²) < 4.78 is 26.6. The van der Waals surface area contributed by atoms with Crippen molar-refractivity contribution >= 4 is 40.8 Å². The van der Waals surface area contributed by atoms with Gasteiger partial charge in [-0.1, -0.05) is 6.08 Å². The molecule has 0 saturated heterocycles. The fraction of sp³-hybridized carbons (Fsp3) is 0.381. The highest BCUT2D eigenvalue weighted by Crippen LogP contribution is 2.26. The first-order chi connectivity index (χ1) is 15.5. The lowest BCUT2D eigenvalue weighted by Crippen LogP contribution is -2.39. The molecule has 1 aromatic heterocycles. The number of guanidine groups is 1. The molecule has 178 valence electrons. The molecule has 0 bridgehead atoms. The lowest BCUT2D eigenvalue weighted by atomic mass is 10.0. The van der Waals surface area contributed by atoms with E-state index < -0.39 is 18.4 Å². The third kappa shape index (κ3) is 7.72. The van der Waals surface area contributed by atoms with Gasteiger partial charge in [0.05, 0.1) is 11.6 Å². The first-order valence-electron chi connectivity index (χ1n) is 9.98. The van der Waals surface area contributed by atoms with Gasteiger partial charge in [-0.05, 0) is 31.1 Å². The van der Waals surface area contributed by atoms with Crippen molar-refractivity contribution in [2.24, 2.45) is 4.99 Å². The van der Waals surface area contributed by atoms with E-state index in [1.165, 1.54) is 25.3 Å². The quantitative estimate of drug-likeness (QED) is 0.176. The number of rotatable bonds is 7. The minimum atomic E-state index is -2.98. The minimum Gasteiger partial charge on any atom is -0.388 e. The summed E-state index contributed by atoms with van der Waals surface area (Å²) in [5.41, 5.74) is 1.51. The summed E-state index contributed by atoms with van der Waals surface area (Å²) in [6.45, 7) is 2.65. The summed E-state index contributed by atoms with van der Waals surface area (Å²) in [7, 11) is 0. The van der Waals surface area contributed by atoms with Crippen molar-refractivity contribution in [2.45, 2.75) is 26.2 Å². The maximum absolute atomic E-state index is 13.3. The maximum Gasteiger partial charge on any atom is 0.272 e. The molecular formula is C21H26ClF2N7O2. The van der Waals surface area contributed by atoms with Crippen LogP contribution in [-0.2, 0) is 10.7 Å². The number of nitrogens with zero attached hydrogens (tertiary/aromatic N) is 3. The zero-order valence-corrected chi connectivity index (χ0v) is 19.0. The molecule has 0 aromatic carbocycles. The number of hydrogen-bond acceptors (Lipinski definition) is 6. The number of nitrogens with one attached hydrogen (secondary N) is 4. The largest absolute Gasteiger partial charge is 0.388 e. The van der Waals surface area contributed by atoms with Gasteiger partial charge in [0.25, 0.3) is 11.8 Å². The molecule has 0 unspecified atom stereocenters. The number of alkyl halides is 3. The van der Waals surface area contributed by atoms with E-state index in [1.54, 1.807) is 4.90 Å². The van der Waals surface area contributed by atoms with Gasteiger partial charge in [0.2, 0.25) is 0 Å². The van der Waals surface area contributed by atoms with Gasteiger partial charge < -0.3 is 20.6 Å². The number of aromatic nitrogens is 1. The summed E-state index contributed by atoms with van der Waals surface area (Å²) in [6, 6.07) is 2.67. The molecule has 33 heavy (non-hydrogen) atoms. The van der Waals surface area contributed by atoms with Gasteiger partial charge >= 0.3 is 0 Å². The van der Waals surface area contributed by atoms with E-state index in [-0.39, 0.29) is 28.8 Å². The number of hydrogen-bond donors (Lipinski definition) is 5. The SMILES string of the molecule is C/C(=C\N=C(/CCl)C1=CCN(C(=N)Nc2ccc(C(C)(F)F)cn2)CC1)C(=O)NC(=N)CO. The van der Waals surface area contributed by atoms with E-state index >= 15 is 0 Å². The third-order valence-corrected chi connectivity index (χ3v) is 4.99. The molecule has 2 rings (SSSR count). The predicted molar refractivity (Wildman–Crippen MR) is 124 cm³/mol. The Hall–Kier alpha value is -3.18. The van der Waals surface area contributed by atoms with E-state index in [2.05, 4.69) is 20.6 Å². The number of aliphatic hydroxyl groups excluding tert-OH is 1. The zero-order valence-electron chi connectivity index (χ0n) is 18.3. The van der Waals surface area contributed by atoms with Crippen LogP contribution >= 0.6 is 11.6 Å². The Bertz CT molecular complexity index is 985. The molecule has 0 atom stereocenters. The topological polar surface area (TPSA) is 138 Å². The third-order valence-electron chi connectivity index (χ3n) is 4.73. The summed E-state index contributed by atoms with van der Waals surface area (Å²) in [5, 5.41) is 29.4. The summed E-state index contributed by atoms with van der Waals surface area (Å²) in [4.78, 5) is 21.9. The lowest BCUT2D eigenvalue weighted by Gasteiger charge is -2.28. The van der Waals surface area contributed by atoms with Crippen molar-refractivity contribution in [3.05, 3.63) is 47.3 Å². The molecular weight excluding hydrogens is 456 g/mol. The molecule has 1 amide bonds. The summed E-state index contributed by atoms with van der Waals surface area (Å²) in [5.74, 6) is -3.34. The summed E-state index contributed by atoms with van der Waals surface area (Å²) >= 11 is 6.02. The molecule has 1 aliphatic rings. The molecule has 1 aromatic rings. The Balaban J connectivity index is 1.99. The van der Waals surface area contributed by atoms with E-state index in [1.807, 2.05) is 6.08 Å². The molecule has 0 radical (unpaired) electrons. The van der Waals surface area contributed by atoms with Crippen LogP contribution in [-0.4, -0.2) is 64.0 Å². The van der Waals surface area contributed by atoms with Gasteiger partial charge in [-0.3, -0.25) is 20.6 Å². The van der Waals surface area contributed by atoms with Crippen LogP contribution in [0.5, 0.6) is 0 Å². The van der Waals surface area contributed by atoms with Crippen LogP contribution in [0.4, 0.5) is 14.6 Å². The second kappa shape index (κ2) is 11.6. The second-order valence-corrected chi connectivity index (χ2v) is 7.60. The van der Waals surface area contributed by atoms with Crippen molar-refractivity contribution in [2.75, 3.05) is 30.9 Å². The molecule has 9 nitrogen and oxygen atoms in total.